The van der Waals surface area contributed by atoms with E-state index in [-0.39, 0.29) is 0 Å². The summed E-state index contributed by atoms with van der Waals surface area (Å²) in [6.45, 7) is 4.47. The van der Waals surface area contributed by atoms with Crippen LogP contribution in [0.2, 0.25) is 0 Å². The third-order valence-corrected chi connectivity index (χ3v) is 11.1. The minimum absolute atomic E-state index is 1.01. The highest BCUT2D eigenvalue weighted by Gasteiger charge is 2.38. The molecule has 0 bridgehead atoms. The van der Waals surface area contributed by atoms with E-state index in [2.05, 4.69) is 144 Å². The number of anilines is 4. The summed E-state index contributed by atoms with van der Waals surface area (Å²) in [6.07, 6.45) is 2.02. The van der Waals surface area contributed by atoms with E-state index in [1.165, 1.54) is 75.8 Å². The average Bonchev–Trinajstić information content (AvgIpc) is 3.76. The zero-order valence-electron chi connectivity index (χ0n) is 24.3. The molecule has 4 nitrogen and oxygen atoms in total. The Balaban J connectivity index is 1.41. The monoisotopic (exact) mass is 584 g/mol. The van der Waals surface area contributed by atoms with Gasteiger partial charge in [0.25, 0.3) is 0 Å². The number of aryl methyl sites for hydroxylation is 4. The van der Waals surface area contributed by atoms with Crippen LogP contribution in [0.1, 0.15) is 25.0 Å². The Kier molecular flexibility index (Phi) is 5.99. The Morgan fingerprint density at radius 3 is 1.36 bits per heavy atom. The maximum atomic E-state index is 2.50. The van der Waals surface area contributed by atoms with Crippen LogP contribution in [-0.4, -0.2) is 9.13 Å². The van der Waals surface area contributed by atoms with Crippen molar-refractivity contribution < 1.29 is 0 Å². The van der Waals surface area contributed by atoms with Crippen LogP contribution in [0.3, 0.4) is 0 Å². The van der Waals surface area contributed by atoms with Gasteiger partial charge in [0.2, 0.25) is 0 Å². The van der Waals surface area contributed by atoms with E-state index in [4.69, 9.17) is 0 Å². The highest BCUT2D eigenvalue weighted by Crippen LogP contribution is 2.59. The van der Waals surface area contributed by atoms with Gasteiger partial charge >= 0.3 is 0 Å². The van der Waals surface area contributed by atoms with E-state index in [1.54, 1.807) is 0 Å². The van der Waals surface area contributed by atoms with Gasteiger partial charge in [-0.1, -0.05) is 85.9 Å². The topological polar surface area (TPSA) is 16.3 Å². The Bertz CT molecular complexity index is 1920. The second-order valence-corrected chi connectivity index (χ2v) is 13.1. The maximum Gasteiger partial charge on any atom is 0.119 e. The standard InChI is InChI=1S/C36H32N4S2/c1-5-23-15-17-31-29(19-23)39(33-21-25-11-7-9-13-27(25)37(33)3)35(41-31)36-40(30-20-24(6-2)16-18-32(30)42-36)34-22-26-12-8-10-14-28(26)38(34)4/h7-22H,5-6H2,1-4H3/b36-35+. The van der Waals surface area contributed by atoms with E-state index in [0.29, 0.717) is 0 Å². The quantitative estimate of drug-likeness (QED) is 0.205. The van der Waals surface area contributed by atoms with Crippen molar-refractivity contribution in [2.45, 2.75) is 36.5 Å². The van der Waals surface area contributed by atoms with Gasteiger partial charge in [0, 0.05) is 45.7 Å². The van der Waals surface area contributed by atoms with Crippen molar-refractivity contribution in [3.05, 3.63) is 118 Å². The van der Waals surface area contributed by atoms with Crippen molar-refractivity contribution >= 4 is 68.3 Å². The molecule has 0 radical (unpaired) electrons. The van der Waals surface area contributed by atoms with Gasteiger partial charge in [-0.05, 0) is 72.5 Å². The third kappa shape index (κ3) is 3.78. The SMILES string of the molecule is CCc1ccc2c(c1)N(c1cc3ccccc3n1C)/C(=C1\Sc3ccc(CC)cc3N1c1cc3ccccc3n1C)S2. The van der Waals surface area contributed by atoms with Crippen LogP contribution in [0.5, 0.6) is 0 Å². The summed E-state index contributed by atoms with van der Waals surface area (Å²) in [7, 11) is 4.38. The summed E-state index contributed by atoms with van der Waals surface area (Å²) < 4.78 is 4.68. The van der Waals surface area contributed by atoms with Crippen molar-refractivity contribution in [3.63, 3.8) is 0 Å². The first-order valence-corrected chi connectivity index (χ1v) is 16.2. The molecule has 4 heterocycles. The Labute approximate surface area is 255 Å². The van der Waals surface area contributed by atoms with E-state index < -0.39 is 0 Å². The number of nitrogens with zero attached hydrogens (tertiary/aromatic N) is 4. The fraction of sp³-hybridized carbons (Fsp3) is 0.167. The maximum absolute atomic E-state index is 2.50. The Morgan fingerprint density at radius 2 is 0.952 bits per heavy atom. The zero-order valence-corrected chi connectivity index (χ0v) is 25.9. The molecule has 2 aliphatic rings. The van der Waals surface area contributed by atoms with Gasteiger partial charge < -0.3 is 9.13 Å². The summed E-state index contributed by atoms with van der Waals surface area (Å²) in [6, 6.07) is 36.0. The van der Waals surface area contributed by atoms with Crippen LogP contribution in [0.15, 0.2) is 117 Å². The van der Waals surface area contributed by atoms with Gasteiger partial charge in [-0.3, -0.25) is 9.80 Å². The minimum Gasteiger partial charge on any atom is -0.330 e. The molecule has 4 aromatic carbocycles. The predicted octanol–water partition coefficient (Wildman–Crippen LogP) is 10.1. The third-order valence-electron chi connectivity index (χ3n) is 8.66. The summed E-state index contributed by atoms with van der Waals surface area (Å²) in [5.41, 5.74) is 7.70. The molecule has 0 amide bonds. The fourth-order valence-electron chi connectivity index (χ4n) is 6.32. The second kappa shape index (κ2) is 9.79. The second-order valence-electron chi connectivity index (χ2n) is 11.0. The Morgan fingerprint density at radius 1 is 0.524 bits per heavy atom. The number of hydrogen-bond donors (Lipinski definition) is 0. The molecule has 0 N–H and O–H groups in total. The molecule has 0 fully saturated rings. The molecule has 0 saturated carbocycles. The molecule has 8 rings (SSSR count). The lowest BCUT2D eigenvalue weighted by molar-refractivity contribution is 0.930. The van der Waals surface area contributed by atoms with Crippen LogP contribution in [0.25, 0.3) is 21.8 Å². The number of benzene rings is 4. The lowest BCUT2D eigenvalue weighted by atomic mass is 10.1. The van der Waals surface area contributed by atoms with Crippen LogP contribution < -0.4 is 9.80 Å². The first-order chi connectivity index (χ1) is 20.6. The highest BCUT2D eigenvalue weighted by molar-refractivity contribution is 8.07. The largest absolute Gasteiger partial charge is 0.330 e. The number of hydrogen-bond acceptors (Lipinski definition) is 4. The average molecular weight is 585 g/mol. The number of para-hydroxylation sites is 2. The molecule has 2 aromatic heterocycles. The van der Waals surface area contributed by atoms with Crippen LogP contribution in [0.4, 0.5) is 23.0 Å². The summed E-state index contributed by atoms with van der Waals surface area (Å²) in [5, 5.41) is 5.00. The first kappa shape index (κ1) is 25.7. The van der Waals surface area contributed by atoms with Crippen LogP contribution >= 0.6 is 23.5 Å². The van der Waals surface area contributed by atoms with Gasteiger partial charge in [-0.25, -0.2) is 0 Å². The molecule has 0 spiro atoms. The number of fused-ring (bicyclic) bond motifs is 4. The number of rotatable bonds is 4. The lowest BCUT2D eigenvalue weighted by Crippen LogP contribution is -2.21. The zero-order chi connectivity index (χ0) is 28.5. The van der Waals surface area contributed by atoms with Crippen molar-refractivity contribution in [1.29, 1.82) is 0 Å². The van der Waals surface area contributed by atoms with Crippen molar-refractivity contribution in [2.24, 2.45) is 14.1 Å². The van der Waals surface area contributed by atoms with Gasteiger partial charge in [0.15, 0.2) is 0 Å². The summed E-state index contributed by atoms with van der Waals surface area (Å²) in [5.74, 6) is 2.36. The molecule has 6 heteroatoms. The van der Waals surface area contributed by atoms with Crippen molar-refractivity contribution in [1.82, 2.24) is 9.13 Å². The lowest BCUT2D eigenvalue weighted by Gasteiger charge is -2.27. The fourth-order valence-corrected chi connectivity index (χ4v) is 8.69. The molecule has 2 aliphatic heterocycles. The first-order valence-electron chi connectivity index (χ1n) is 14.6. The predicted molar refractivity (Wildman–Crippen MR) is 180 cm³/mol. The normalized spacial score (nSPS) is 16.2. The van der Waals surface area contributed by atoms with Crippen LogP contribution in [0, 0.1) is 0 Å². The van der Waals surface area contributed by atoms with E-state index in [9.17, 15) is 0 Å². The molecule has 0 saturated heterocycles. The van der Waals surface area contributed by atoms with E-state index in [1.807, 2.05) is 23.5 Å². The Hall–Kier alpha value is -4.00. The summed E-state index contributed by atoms with van der Waals surface area (Å²) >= 11 is 3.77. The molecule has 0 unspecified atom stereocenters. The highest BCUT2D eigenvalue weighted by atomic mass is 32.2. The van der Waals surface area contributed by atoms with Crippen molar-refractivity contribution in [2.75, 3.05) is 9.80 Å². The molecule has 0 atom stereocenters. The summed E-state index contributed by atoms with van der Waals surface area (Å²) in [4.78, 5) is 7.60. The smallest absolute Gasteiger partial charge is 0.119 e. The van der Waals surface area contributed by atoms with Gasteiger partial charge in [-0.15, -0.1) is 0 Å². The van der Waals surface area contributed by atoms with E-state index >= 15 is 0 Å². The molecule has 6 aromatic rings. The van der Waals surface area contributed by atoms with Crippen LogP contribution in [-0.2, 0) is 26.9 Å². The molecular formula is C36H32N4S2. The van der Waals surface area contributed by atoms with Gasteiger partial charge in [0.1, 0.15) is 21.7 Å². The molecule has 208 valence electrons. The van der Waals surface area contributed by atoms with E-state index in [0.717, 1.165) is 12.8 Å². The molecular weight excluding hydrogens is 553 g/mol. The van der Waals surface area contributed by atoms with Crippen molar-refractivity contribution in [3.8, 4) is 0 Å². The van der Waals surface area contributed by atoms with Gasteiger partial charge in [-0.2, -0.15) is 0 Å². The number of thioether (sulfide) groups is 2. The molecule has 42 heavy (non-hydrogen) atoms. The number of aromatic nitrogens is 2. The van der Waals surface area contributed by atoms with Gasteiger partial charge in [0.05, 0.1) is 11.4 Å². The minimum atomic E-state index is 1.01. The molecule has 0 aliphatic carbocycles.